The highest BCUT2D eigenvalue weighted by Crippen LogP contribution is 2.29. The summed E-state index contributed by atoms with van der Waals surface area (Å²) in [6.07, 6.45) is 4.23. The predicted octanol–water partition coefficient (Wildman–Crippen LogP) is 4.98. The molecule has 0 aliphatic carbocycles. The molecule has 0 bridgehead atoms. The van der Waals surface area contributed by atoms with Crippen LogP contribution in [0.25, 0.3) is 27.7 Å². The van der Waals surface area contributed by atoms with Gasteiger partial charge in [0.25, 0.3) is 5.56 Å². The summed E-state index contributed by atoms with van der Waals surface area (Å²) in [4.78, 5) is 17.8. The Morgan fingerprint density at radius 2 is 1.77 bits per heavy atom. The Bertz CT molecular complexity index is 1440. The molecule has 0 aliphatic rings. The molecule has 0 fully saturated rings. The van der Waals surface area contributed by atoms with Gasteiger partial charge in [0.15, 0.2) is 5.65 Å². The van der Waals surface area contributed by atoms with Crippen LogP contribution in [0.15, 0.2) is 77.9 Å². The van der Waals surface area contributed by atoms with Crippen LogP contribution in [0.5, 0.6) is 0 Å². The predicted molar refractivity (Wildman–Crippen MR) is 120 cm³/mol. The van der Waals surface area contributed by atoms with Crippen LogP contribution in [0, 0.1) is 0 Å². The fourth-order valence-electron chi connectivity index (χ4n) is 3.84. The van der Waals surface area contributed by atoms with Crippen molar-refractivity contribution in [1.82, 2.24) is 19.2 Å². The third-order valence-corrected chi connectivity index (χ3v) is 5.72. The Labute approximate surface area is 178 Å². The van der Waals surface area contributed by atoms with Crippen molar-refractivity contribution < 1.29 is 0 Å². The average molecular weight is 415 g/mol. The van der Waals surface area contributed by atoms with Crippen molar-refractivity contribution in [2.75, 3.05) is 0 Å². The molecule has 0 saturated carbocycles. The van der Waals surface area contributed by atoms with Crippen LogP contribution < -0.4 is 5.56 Å². The number of aromatic nitrogens is 4. The summed E-state index contributed by atoms with van der Waals surface area (Å²) < 4.78 is 3.44. The van der Waals surface area contributed by atoms with E-state index in [1.54, 1.807) is 21.5 Å². The molecular weight excluding hydrogens is 396 g/mol. The van der Waals surface area contributed by atoms with E-state index in [1.807, 2.05) is 48.5 Å². The van der Waals surface area contributed by atoms with Crippen LogP contribution in [0.1, 0.15) is 18.2 Å². The molecule has 0 amide bonds. The van der Waals surface area contributed by atoms with Gasteiger partial charge in [0.05, 0.1) is 23.1 Å². The lowest BCUT2D eigenvalue weighted by atomic mass is 10.0. The summed E-state index contributed by atoms with van der Waals surface area (Å²) in [7, 11) is 0. The highest BCUT2D eigenvalue weighted by Gasteiger charge is 2.17. The summed E-state index contributed by atoms with van der Waals surface area (Å²) in [6, 6.07) is 19.6. The topological polar surface area (TPSA) is 52.2 Å². The minimum atomic E-state index is -0.114. The van der Waals surface area contributed by atoms with Crippen molar-refractivity contribution >= 4 is 28.2 Å². The highest BCUT2D eigenvalue weighted by molar-refractivity contribution is 6.31. The van der Waals surface area contributed by atoms with Crippen molar-refractivity contribution in [2.24, 2.45) is 0 Å². The molecule has 30 heavy (non-hydrogen) atoms. The standard InChI is InChI=1S/C24H19ClN4O/c1-2-20-22(16-8-4-3-5-9-16)23-26-14-18-21(29(23)27-20)12-13-28(24(18)30)15-17-10-6-7-11-19(17)25/h3-14H,2,15H2,1H3. The van der Waals surface area contributed by atoms with Gasteiger partial charge in [-0.2, -0.15) is 5.10 Å². The van der Waals surface area contributed by atoms with Gasteiger partial charge in [-0.15, -0.1) is 0 Å². The average Bonchev–Trinajstić information content (AvgIpc) is 3.16. The van der Waals surface area contributed by atoms with Crippen LogP contribution >= 0.6 is 11.6 Å². The molecule has 0 unspecified atom stereocenters. The van der Waals surface area contributed by atoms with E-state index in [4.69, 9.17) is 16.7 Å². The van der Waals surface area contributed by atoms with Crippen LogP contribution in [0.2, 0.25) is 5.02 Å². The Morgan fingerprint density at radius 3 is 2.53 bits per heavy atom. The number of aryl methyl sites for hydroxylation is 1. The zero-order valence-electron chi connectivity index (χ0n) is 16.4. The maximum Gasteiger partial charge on any atom is 0.261 e. The first-order valence-electron chi connectivity index (χ1n) is 9.86. The molecule has 0 saturated heterocycles. The van der Waals surface area contributed by atoms with Gasteiger partial charge >= 0.3 is 0 Å². The molecule has 3 heterocycles. The molecule has 6 heteroatoms. The lowest BCUT2D eigenvalue weighted by Gasteiger charge is -2.09. The zero-order chi connectivity index (χ0) is 20.7. The molecule has 5 aromatic rings. The number of nitrogens with zero attached hydrogens (tertiary/aromatic N) is 4. The number of fused-ring (bicyclic) bond motifs is 3. The third-order valence-electron chi connectivity index (χ3n) is 5.35. The quantitative estimate of drug-likeness (QED) is 0.417. The first-order chi connectivity index (χ1) is 14.7. The number of halogens is 1. The van der Waals surface area contributed by atoms with Gasteiger partial charge in [0.2, 0.25) is 0 Å². The second-order valence-corrected chi connectivity index (χ2v) is 7.58. The molecule has 0 radical (unpaired) electrons. The maximum atomic E-state index is 13.2. The van der Waals surface area contributed by atoms with Gasteiger partial charge in [-0.3, -0.25) is 4.79 Å². The first-order valence-corrected chi connectivity index (χ1v) is 10.2. The van der Waals surface area contributed by atoms with Gasteiger partial charge in [-0.05, 0) is 29.7 Å². The molecule has 5 rings (SSSR count). The molecule has 0 N–H and O–H groups in total. The van der Waals surface area contributed by atoms with Crippen LogP contribution in [0.4, 0.5) is 0 Å². The van der Waals surface area contributed by atoms with E-state index in [9.17, 15) is 4.79 Å². The van der Waals surface area contributed by atoms with E-state index < -0.39 is 0 Å². The van der Waals surface area contributed by atoms with E-state index in [-0.39, 0.29) is 5.56 Å². The van der Waals surface area contributed by atoms with Gasteiger partial charge in [-0.25, -0.2) is 9.50 Å². The fourth-order valence-corrected chi connectivity index (χ4v) is 4.03. The van der Waals surface area contributed by atoms with E-state index in [1.165, 1.54) is 0 Å². The molecule has 3 aromatic heterocycles. The minimum Gasteiger partial charge on any atom is -0.310 e. The van der Waals surface area contributed by atoms with Crippen molar-refractivity contribution in [3.05, 3.63) is 99.7 Å². The highest BCUT2D eigenvalue weighted by atomic mass is 35.5. The Morgan fingerprint density at radius 1 is 1.00 bits per heavy atom. The summed E-state index contributed by atoms with van der Waals surface area (Å²) in [5.74, 6) is 0. The summed E-state index contributed by atoms with van der Waals surface area (Å²) in [5.41, 5.74) is 5.33. The smallest absolute Gasteiger partial charge is 0.261 e. The van der Waals surface area contributed by atoms with Crippen molar-refractivity contribution in [2.45, 2.75) is 19.9 Å². The minimum absolute atomic E-state index is 0.114. The largest absolute Gasteiger partial charge is 0.310 e. The second-order valence-electron chi connectivity index (χ2n) is 7.17. The maximum absolute atomic E-state index is 13.2. The van der Waals surface area contributed by atoms with E-state index >= 15 is 0 Å². The molecule has 148 valence electrons. The molecule has 0 spiro atoms. The van der Waals surface area contributed by atoms with E-state index in [0.29, 0.717) is 17.0 Å². The fraction of sp³-hybridized carbons (Fsp3) is 0.125. The van der Waals surface area contributed by atoms with Gasteiger partial charge in [-0.1, -0.05) is 67.1 Å². The van der Waals surface area contributed by atoms with Crippen LogP contribution in [-0.2, 0) is 13.0 Å². The van der Waals surface area contributed by atoms with E-state index in [0.717, 1.165) is 40.0 Å². The van der Waals surface area contributed by atoms with Gasteiger partial charge in [0, 0.05) is 23.0 Å². The lowest BCUT2D eigenvalue weighted by Crippen LogP contribution is -2.21. The van der Waals surface area contributed by atoms with Crippen molar-refractivity contribution in [3.8, 4) is 11.1 Å². The summed E-state index contributed by atoms with van der Waals surface area (Å²) in [5, 5.41) is 5.96. The summed E-state index contributed by atoms with van der Waals surface area (Å²) in [6.45, 7) is 2.48. The molecular formula is C24H19ClN4O. The van der Waals surface area contributed by atoms with E-state index in [2.05, 4.69) is 24.0 Å². The second kappa shape index (κ2) is 7.43. The number of rotatable bonds is 4. The lowest BCUT2D eigenvalue weighted by molar-refractivity contribution is 0.765. The first kappa shape index (κ1) is 18.6. The number of hydrogen-bond acceptors (Lipinski definition) is 3. The molecule has 0 aliphatic heterocycles. The number of benzene rings is 2. The monoisotopic (exact) mass is 414 g/mol. The summed E-state index contributed by atoms with van der Waals surface area (Å²) >= 11 is 6.28. The Hall–Kier alpha value is -3.44. The number of pyridine rings is 1. The Kier molecular flexibility index (Phi) is 4.60. The van der Waals surface area contributed by atoms with Crippen molar-refractivity contribution in [1.29, 1.82) is 0 Å². The Balaban J connectivity index is 1.70. The molecule has 2 aromatic carbocycles. The van der Waals surface area contributed by atoms with Gasteiger partial charge in [0.1, 0.15) is 0 Å². The van der Waals surface area contributed by atoms with Crippen LogP contribution in [-0.4, -0.2) is 19.2 Å². The SMILES string of the molecule is CCc1nn2c(ncc3c(=O)n(Cc4ccccc4Cl)ccc32)c1-c1ccccc1. The molecule has 0 atom stereocenters. The van der Waals surface area contributed by atoms with Gasteiger partial charge < -0.3 is 4.57 Å². The van der Waals surface area contributed by atoms with Crippen LogP contribution in [0.3, 0.4) is 0 Å². The third kappa shape index (κ3) is 2.99. The zero-order valence-corrected chi connectivity index (χ0v) is 17.2. The number of hydrogen-bond donors (Lipinski definition) is 0. The normalized spacial score (nSPS) is 11.4. The van der Waals surface area contributed by atoms with Crippen molar-refractivity contribution in [3.63, 3.8) is 0 Å². The molecule has 5 nitrogen and oxygen atoms in total.